The Labute approximate surface area is 87.6 Å². The first kappa shape index (κ1) is 12.0. The highest BCUT2D eigenvalue weighted by molar-refractivity contribution is 4.75. The van der Waals surface area contributed by atoms with Gasteiger partial charge in [-0.3, -0.25) is 0 Å². The van der Waals surface area contributed by atoms with E-state index in [-0.39, 0.29) is 5.54 Å². The third-order valence-electron chi connectivity index (χ3n) is 2.86. The fourth-order valence-corrected chi connectivity index (χ4v) is 1.84. The molecule has 0 bridgehead atoms. The number of likely N-dealkylation sites (N-methyl/N-ethyl adjacent to an activating group) is 1. The molecule has 1 fully saturated rings. The minimum absolute atomic E-state index is 0.0208. The van der Waals surface area contributed by atoms with Crippen LogP contribution in [0.25, 0.3) is 0 Å². The average molecular weight is 200 g/mol. The van der Waals surface area contributed by atoms with E-state index in [1.165, 1.54) is 12.8 Å². The van der Waals surface area contributed by atoms with Gasteiger partial charge in [0.2, 0.25) is 0 Å². The summed E-state index contributed by atoms with van der Waals surface area (Å²) < 4.78 is 5.36. The SMILES string of the molecule is CN(CCCC(C)(C)N)C1CCOC1. The quantitative estimate of drug-likeness (QED) is 0.725. The van der Waals surface area contributed by atoms with Crippen molar-refractivity contribution >= 4 is 0 Å². The van der Waals surface area contributed by atoms with Gasteiger partial charge in [-0.25, -0.2) is 0 Å². The molecule has 2 N–H and O–H groups in total. The molecule has 1 aliphatic heterocycles. The Morgan fingerprint density at radius 1 is 1.50 bits per heavy atom. The van der Waals surface area contributed by atoms with E-state index >= 15 is 0 Å². The van der Waals surface area contributed by atoms with Gasteiger partial charge in [0.05, 0.1) is 6.61 Å². The van der Waals surface area contributed by atoms with Crippen LogP contribution in [0.4, 0.5) is 0 Å². The van der Waals surface area contributed by atoms with Gasteiger partial charge in [0.15, 0.2) is 0 Å². The van der Waals surface area contributed by atoms with Crippen LogP contribution in [0.3, 0.4) is 0 Å². The smallest absolute Gasteiger partial charge is 0.0622 e. The molecule has 0 amide bonds. The van der Waals surface area contributed by atoms with Gasteiger partial charge in [0, 0.05) is 18.2 Å². The lowest BCUT2D eigenvalue weighted by Crippen LogP contribution is -2.36. The van der Waals surface area contributed by atoms with E-state index in [0.717, 1.165) is 26.2 Å². The molecule has 1 aliphatic rings. The van der Waals surface area contributed by atoms with Gasteiger partial charge in [-0.05, 0) is 46.7 Å². The standard InChI is InChI=1S/C11H24N2O/c1-11(2,12)6-4-7-13(3)10-5-8-14-9-10/h10H,4-9,12H2,1-3H3. The van der Waals surface area contributed by atoms with Crippen molar-refractivity contribution in [3.63, 3.8) is 0 Å². The van der Waals surface area contributed by atoms with Crippen LogP contribution in [0.15, 0.2) is 0 Å². The van der Waals surface area contributed by atoms with Crippen LogP contribution >= 0.6 is 0 Å². The van der Waals surface area contributed by atoms with Gasteiger partial charge in [0.25, 0.3) is 0 Å². The third-order valence-corrected chi connectivity index (χ3v) is 2.86. The molecule has 0 aromatic heterocycles. The summed E-state index contributed by atoms with van der Waals surface area (Å²) in [5.74, 6) is 0. The number of nitrogens with zero attached hydrogens (tertiary/aromatic N) is 1. The van der Waals surface area contributed by atoms with E-state index in [0.29, 0.717) is 6.04 Å². The van der Waals surface area contributed by atoms with Crippen molar-refractivity contribution in [1.82, 2.24) is 4.90 Å². The van der Waals surface area contributed by atoms with Crippen LogP contribution in [0.1, 0.15) is 33.1 Å². The second-order valence-electron chi connectivity index (χ2n) is 5.09. The minimum Gasteiger partial charge on any atom is -0.380 e. The molecule has 3 heteroatoms. The topological polar surface area (TPSA) is 38.5 Å². The first-order valence-corrected chi connectivity index (χ1v) is 5.56. The highest BCUT2D eigenvalue weighted by atomic mass is 16.5. The summed E-state index contributed by atoms with van der Waals surface area (Å²) in [6, 6.07) is 0.635. The molecule has 3 nitrogen and oxygen atoms in total. The third kappa shape index (κ3) is 4.40. The van der Waals surface area contributed by atoms with Crippen LogP contribution in [0.2, 0.25) is 0 Å². The Bertz CT molecular complexity index is 159. The van der Waals surface area contributed by atoms with E-state index in [2.05, 4.69) is 25.8 Å². The zero-order valence-electron chi connectivity index (χ0n) is 9.75. The van der Waals surface area contributed by atoms with Crippen molar-refractivity contribution in [1.29, 1.82) is 0 Å². The van der Waals surface area contributed by atoms with Crippen LogP contribution in [0.5, 0.6) is 0 Å². The monoisotopic (exact) mass is 200 g/mol. The van der Waals surface area contributed by atoms with Crippen LogP contribution in [-0.2, 0) is 4.74 Å². The van der Waals surface area contributed by atoms with E-state index in [9.17, 15) is 0 Å². The molecule has 0 aliphatic carbocycles. The van der Waals surface area contributed by atoms with Gasteiger partial charge in [-0.1, -0.05) is 0 Å². The number of rotatable bonds is 5. The van der Waals surface area contributed by atoms with Crippen molar-refractivity contribution < 1.29 is 4.74 Å². The summed E-state index contributed by atoms with van der Waals surface area (Å²) in [6.45, 7) is 7.14. The molecule has 84 valence electrons. The fourth-order valence-electron chi connectivity index (χ4n) is 1.84. The van der Waals surface area contributed by atoms with Crippen molar-refractivity contribution in [2.24, 2.45) is 5.73 Å². The number of ether oxygens (including phenoxy) is 1. The summed E-state index contributed by atoms with van der Waals surface area (Å²) in [4.78, 5) is 2.40. The van der Waals surface area contributed by atoms with E-state index < -0.39 is 0 Å². The predicted octanol–water partition coefficient (Wildman–Crippen LogP) is 1.22. The Morgan fingerprint density at radius 2 is 2.21 bits per heavy atom. The molecular formula is C11H24N2O. The minimum atomic E-state index is -0.0208. The van der Waals surface area contributed by atoms with Crippen LogP contribution < -0.4 is 5.73 Å². The summed E-state index contributed by atoms with van der Waals surface area (Å²) in [6.07, 6.45) is 3.45. The molecular weight excluding hydrogens is 176 g/mol. The van der Waals surface area contributed by atoms with Crippen molar-refractivity contribution in [3.05, 3.63) is 0 Å². The number of hydrogen-bond donors (Lipinski definition) is 1. The molecule has 0 saturated carbocycles. The molecule has 0 aromatic rings. The lowest BCUT2D eigenvalue weighted by Gasteiger charge is -2.25. The highest BCUT2D eigenvalue weighted by Crippen LogP contribution is 2.13. The maximum atomic E-state index is 5.93. The summed E-state index contributed by atoms with van der Waals surface area (Å²) in [7, 11) is 2.18. The van der Waals surface area contributed by atoms with Crippen LogP contribution in [0, 0.1) is 0 Å². The molecule has 0 radical (unpaired) electrons. The summed E-state index contributed by atoms with van der Waals surface area (Å²) in [5, 5.41) is 0. The molecule has 1 rings (SSSR count). The van der Waals surface area contributed by atoms with Crippen molar-refractivity contribution in [2.45, 2.75) is 44.7 Å². The maximum Gasteiger partial charge on any atom is 0.0622 e. The lowest BCUT2D eigenvalue weighted by atomic mass is 10.00. The van der Waals surface area contributed by atoms with Gasteiger partial charge in [-0.2, -0.15) is 0 Å². The first-order valence-electron chi connectivity index (χ1n) is 5.56. The van der Waals surface area contributed by atoms with E-state index in [1.807, 2.05) is 0 Å². The first-order chi connectivity index (χ1) is 6.49. The normalized spacial score (nSPS) is 23.4. The molecule has 14 heavy (non-hydrogen) atoms. The maximum absolute atomic E-state index is 5.93. The molecule has 1 unspecified atom stereocenters. The average Bonchev–Trinajstić information content (AvgIpc) is 2.53. The van der Waals surface area contributed by atoms with Gasteiger partial charge >= 0.3 is 0 Å². The van der Waals surface area contributed by atoms with Crippen molar-refractivity contribution in [2.75, 3.05) is 26.8 Å². The van der Waals surface area contributed by atoms with Gasteiger partial charge < -0.3 is 15.4 Å². The Balaban J connectivity index is 2.11. The number of hydrogen-bond acceptors (Lipinski definition) is 3. The van der Waals surface area contributed by atoms with E-state index in [1.54, 1.807) is 0 Å². The second-order valence-corrected chi connectivity index (χ2v) is 5.09. The molecule has 1 saturated heterocycles. The van der Waals surface area contributed by atoms with Gasteiger partial charge in [-0.15, -0.1) is 0 Å². The molecule has 1 atom stereocenters. The molecule has 1 heterocycles. The van der Waals surface area contributed by atoms with Crippen molar-refractivity contribution in [3.8, 4) is 0 Å². The van der Waals surface area contributed by atoms with Crippen LogP contribution in [-0.4, -0.2) is 43.3 Å². The summed E-state index contributed by atoms with van der Waals surface area (Å²) >= 11 is 0. The zero-order chi connectivity index (χ0) is 10.6. The predicted molar refractivity (Wildman–Crippen MR) is 59.4 cm³/mol. The van der Waals surface area contributed by atoms with E-state index in [4.69, 9.17) is 10.5 Å². The number of nitrogens with two attached hydrogens (primary N) is 1. The largest absolute Gasteiger partial charge is 0.380 e. The molecule has 0 aromatic carbocycles. The molecule has 0 spiro atoms. The highest BCUT2D eigenvalue weighted by Gasteiger charge is 2.20. The lowest BCUT2D eigenvalue weighted by molar-refractivity contribution is 0.157. The Hall–Kier alpha value is -0.120. The van der Waals surface area contributed by atoms with Gasteiger partial charge in [0.1, 0.15) is 0 Å². The zero-order valence-corrected chi connectivity index (χ0v) is 9.75. The fraction of sp³-hybridized carbons (Fsp3) is 1.00. The Morgan fingerprint density at radius 3 is 2.71 bits per heavy atom. The summed E-state index contributed by atoms with van der Waals surface area (Å²) in [5.41, 5.74) is 5.91. The second kappa shape index (κ2) is 5.10. The Kier molecular flexibility index (Phi) is 4.35.